The molecule has 1 heterocycles. The smallest absolute Gasteiger partial charge is 0.0337 e. The van der Waals surface area contributed by atoms with Gasteiger partial charge in [0.25, 0.3) is 0 Å². The minimum absolute atomic E-state index is 0.513. The van der Waals surface area contributed by atoms with Crippen LogP contribution in [0.25, 0.3) is 0 Å². The predicted molar refractivity (Wildman–Crippen MR) is 81.4 cm³/mol. The van der Waals surface area contributed by atoms with Crippen LogP contribution in [0.1, 0.15) is 71.6 Å². The van der Waals surface area contributed by atoms with E-state index < -0.39 is 0 Å². The van der Waals surface area contributed by atoms with Gasteiger partial charge in [-0.25, -0.2) is 0 Å². The van der Waals surface area contributed by atoms with Gasteiger partial charge in [0.15, 0.2) is 0 Å². The van der Waals surface area contributed by atoms with Crippen molar-refractivity contribution < 1.29 is 0 Å². The van der Waals surface area contributed by atoms with Crippen LogP contribution in [0.5, 0.6) is 0 Å². The van der Waals surface area contributed by atoms with Gasteiger partial charge in [0.2, 0.25) is 0 Å². The molecule has 2 nitrogen and oxygen atoms in total. The van der Waals surface area contributed by atoms with Crippen LogP contribution >= 0.6 is 0 Å². The summed E-state index contributed by atoms with van der Waals surface area (Å²) in [7, 11) is 0. The van der Waals surface area contributed by atoms with Gasteiger partial charge in [-0.3, -0.25) is 4.90 Å². The fraction of sp³-hybridized carbons (Fsp3) is 1.00. The van der Waals surface area contributed by atoms with Gasteiger partial charge in [-0.1, -0.05) is 32.1 Å². The Labute approximate surface area is 119 Å². The third-order valence-electron chi connectivity index (χ3n) is 6.07. The van der Waals surface area contributed by atoms with Crippen LogP contribution in [0, 0.1) is 5.92 Å². The standard InChI is InChI=1S/C17H32N2/c1-14(2)19-12-16(15-8-4-3-5-9-15)18-13-17(19)10-6-7-11-17/h14-16,18H,3-13H2,1-2H3. The molecule has 110 valence electrons. The molecule has 0 bridgehead atoms. The van der Waals surface area contributed by atoms with Crippen LogP contribution in [-0.4, -0.2) is 35.6 Å². The van der Waals surface area contributed by atoms with E-state index in [1.807, 2.05) is 0 Å². The van der Waals surface area contributed by atoms with Crippen molar-refractivity contribution in [2.75, 3.05) is 13.1 Å². The summed E-state index contributed by atoms with van der Waals surface area (Å²) in [5.41, 5.74) is 0.513. The van der Waals surface area contributed by atoms with Crippen LogP contribution in [0.15, 0.2) is 0 Å². The van der Waals surface area contributed by atoms with Crippen molar-refractivity contribution in [3.8, 4) is 0 Å². The number of hydrogen-bond acceptors (Lipinski definition) is 2. The Morgan fingerprint density at radius 2 is 1.68 bits per heavy atom. The maximum atomic E-state index is 3.96. The second-order valence-electron chi connectivity index (χ2n) is 7.56. The molecule has 0 radical (unpaired) electrons. The first-order chi connectivity index (χ1) is 9.21. The Morgan fingerprint density at radius 1 is 1.00 bits per heavy atom. The summed E-state index contributed by atoms with van der Waals surface area (Å²) in [6.07, 6.45) is 13.1. The molecule has 3 aliphatic rings. The highest BCUT2D eigenvalue weighted by atomic mass is 15.3. The van der Waals surface area contributed by atoms with Crippen molar-refractivity contribution in [2.45, 2.75) is 89.3 Å². The highest BCUT2D eigenvalue weighted by Crippen LogP contribution is 2.40. The number of piperazine rings is 1. The molecule has 0 aromatic carbocycles. The van der Waals surface area contributed by atoms with E-state index >= 15 is 0 Å². The summed E-state index contributed by atoms with van der Waals surface area (Å²) < 4.78 is 0. The lowest BCUT2D eigenvalue weighted by molar-refractivity contribution is 0.00113. The topological polar surface area (TPSA) is 15.3 Å². The van der Waals surface area contributed by atoms with Crippen LogP contribution in [0.4, 0.5) is 0 Å². The predicted octanol–water partition coefficient (Wildman–Crippen LogP) is 3.56. The SMILES string of the molecule is CC(C)N1CC(C2CCCCC2)NCC12CCCC2. The van der Waals surface area contributed by atoms with E-state index in [1.54, 1.807) is 0 Å². The third-order valence-corrected chi connectivity index (χ3v) is 6.07. The molecule has 3 fully saturated rings. The average Bonchev–Trinajstić information content (AvgIpc) is 2.89. The molecule has 0 aromatic rings. The van der Waals surface area contributed by atoms with Crippen molar-refractivity contribution in [2.24, 2.45) is 5.92 Å². The number of rotatable bonds is 2. The Hall–Kier alpha value is -0.0800. The lowest BCUT2D eigenvalue weighted by Crippen LogP contribution is -2.66. The average molecular weight is 264 g/mol. The summed E-state index contributed by atoms with van der Waals surface area (Å²) in [6.45, 7) is 7.38. The molecular formula is C17H32N2. The first-order valence-electron chi connectivity index (χ1n) is 8.71. The van der Waals surface area contributed by atoms with E-state index in [0.29, 0.717) is 11.6 Å². The van der Waals surface area contributed by atoms with Crippen molar-refractivity contribution in [1.82, 2.24) is 10.2 Å². The Balaban J connectivity index is 1.68. The fourth-order valence-corrected chi connectivity index (χ4v) is 5.00. The van der Waals surface area contributed by atoms with Gasteiger partial charge >= 0.3 is 0 Å². The molecule has 19 heavy (non-hydrogen) atoms. The summed E-state index contributed by atoms with van der Waals surface area (Å²) in [5, 5.41) is 3.96. The summed E-state index contributed by atoms with van der Waals surface area (Å²) in [5.74, 6) is 0.953. The zero-order valence-electron chi connectivity index (χ0n) is 13.0. The molecule has 1 spiro atoms. The number of nitrogens with zero attached hydrogens (tertiary/aromatic N) is 1. The van der Waals surface area contributed by atoms with Crippen LogP contribution in [-0.2, 0) is 0 Å². The fourth-order valence-electron chi connectivity index (χ4n) is 5.00. The molecule has 1 unspecified atom stereocenters. The summed E-state index contributed by atoms with van der Waals surface area (Å²) in [4.78, 5) is 2.87. The van der Waals surface area contributed by atoms with E-state index in [1.165, 1.54) is 70.9 Å². The molecule has 0 amide bonds. The highest BCUT2D eigenvalue weighted by molar-refractivity contribution is 5.04. The lowest BCUT2D eigenvalue weighted by atomic mass is 9.80. The molecule has 2 aliphatic carbocycles. The van der Waals surface area contributed by atoms with E-state index in [9.17, 15) is 0 Å². The second kappa shape index (κ2) is 5.73. The largest absolute Gasteiger partial charge is 0.311 e. The first kappa shape index (κ1) is 13.9. The normalized spacial score (nSPS) is 33.3. The monoisotopic (exact) mass is 264 g/mol. The van der Waals surface area contributed by atoms with Crippen LogP contribution in [0.2, 0.25) is 0 Å². The van der Waals surface area contributed by atoms with Crippen molar-refractivity contribution in [3.05, 3.63) is 0 Å². The van der Waals surface area contributed by atoms with E-state index in [4.69, 9.17) is 0 Å². The van der Waals surface area contributed by atoms with Gasteiger partial charge in [-0.15, -0.1) is 0 Å². The summed E-state index contributed by atoms with van der Waals surface area (Å²) >= 11 is 0. The number of nitrogens with one attached hydrogen (secondary N) is 1. The van der Waals surface area contributed by atoms with Crippen molar-refractivity contribution in [3.63, 3.8) is 0 Å². The molecule has 1 N–H and O–H groups in total. The van der Waals surface area contributed by atoms with E-state index in [-0.39, 0.29) is 0 Å². The minimum Gasteiger partial charge on any atom is -0.311 e. The van der Waals surface area contributed by atoms with Gasteiger partial charge < -0.3 is 5.32 Å². The zero-order valence-corrected chi connectivity index (χ0v) is 13.0. The van der Waals surface area contributed by atoms with E-state index in [2.05, 4.69) is 24.1 Å². The number of hydrogen-bond donors (Lipinski definition) is 1. The molecule has 2 saturated carbocycles. The second-order valence-corrected chi connectivity index (χ2v) is 7.56. The molecule has 1 aliphatic heterocycles. The van der Waals surface area contributed by atoms with Gasteiger partial charge in [-0.2, -0.15) is 0 Å². The van der Waals surface area contributed by atoms with Crippen molar-refractivity contribution in [1.29, 1.82) is 0 Å². The Morgan fingerprint density at radius 3 is 2.32 bits per heavy atom. The van der Waals surface area contributed by atoms with Gasteiger partial charge in [0.05, 0.1) is 0 Å². The molecule has 3 rings (SSSR count). The van der Waals surface area contributed by atoms with Gasteiger partial charge in [0, 0.05) is 30.7 Å². The Bertz CT molecular complexity index is 288. The van der Waals surface area contributed by atoms with Gasteiger partial charge in [-0.05, 0) is 45.4 Å². The lowest BCUT2D eigenvalue weighted by Gasteiger charge is -2.52. The summed E-state index contributed by atoms with van der Waals surface area (Å²) in [6, 6.07) is 1.49. The van der Waals surface area contributed by atoms with Crippen molar-refractivity contribution >= 4 is 0 Å². The van der Waals surface area contributed by atoms with E-state index in [0.717, 1.165) is 12.0 Å². The third kappa shape index (κ3) is 2.71. The quantitative estimate of drug-likeness (QED) is 0.820. The Kier molecular flexibility index (Phi) is 4.19. The molecular weight excluding hydrogens is 232 g/mol. The van der Waals surface area contributed by atoms with Gasteiger partial charge in [0.1, 0.15) is 0 Å². The maximum absolute atomic E-state index is 3.96. The molecule has 1 atom stereocenters. The molecule has 2 heteroatoms. The highest BCUT2D eigenvalue weighted by Gasteiger charge is 2.45. The minimum atomic E-state index is 0.513. The zero-order chi connectivity index (χ0) is 13.3. The first-order valence-corrected chi connectivity index (χ1v) is 8.71. The molecule has 1 saturated heterocycles. The molecule has 0 aromatic heterocycles. The van der Waals surface area contributed by atoms with Crippen LogP contribution < -0.4 is 5.32 Å². The maximum Gasteiger partial charge on any atom is 0.0337 e. The van der Waals surface area contributed by atoms with Crippen LogP contribution in [0.3, 0.4) is 0 Å².